The molecule has 0 amide bonds. The van der Waals surface area contributed by atoms with Gasteiger partial charge < -0.3 is 5.73 Å². The van der Waals surface area contributed by atoms with Gasteiger partial charge in [0.1, 0.15) is 0 Å². The second-order valence-electron chi connectivity index (χ2n) is 5.17. The molecule has 0 saturated carbocycles. The van der Waals surface area contributed by atoms with Gasteiger partial charge >= 0.3 is 0 Å². The third kappa shape index (κ3) is 4.26. The Morgan fingerprint density at radius 1 is 1.00 bits per heavy atom. The fraction of sp³-hybridized carbons (Fsp3) is 0.294. The summed E-state index contributed by atoms with van der Waals surface area (Å²) in [6, 6.07) is 11.9. The van der Waals surface area contributed by atoms with E-state index in [0.717, 1.165) is 30.3 Å². The van der Waals surface area contributed by atoms with Crippen molar-refractivity contribution in [1.82, 2.24) is 4.90 Å². The Bertz CT molecular complexity index is 582. The van der Waals surface area contributed by atoms with Gasteiger partial charge in [0.25, 0.3) is 0 Å². The van der Waals surface area contributed by atoms with Crippen molar-refractivity contribution in [2.24, 2.45) is 0 Å². The number of hydrogen-bond donors (Lipinski definition) is 1. The van der Waals surface area contributed by atoms with Gasteiger partial charge in [-0.3, -0.25) is 4.90 Å². The van der Waals surface area contributed by atoms with Crippen molar-refractivity contribution in [3.8, 4) is 0 Å². The molecule has 2 rings (SSSR count). The molecule has 4 heteroatoms. The summed E-state index contributed by atoms with van der Waals surface area (Å²) in [5.74, 6) is -1.55. The van der Waals surface area contributed by atoms with Crippen LogP contribution in [0.4, 0.5) is 14.5 Å². The number of anilines is 1. The Kier molecular flexibility index (Phi) is 5.28. The van der Waals surface area contributed by atoms with E-state index in [2.05, 4.69) is 11.8 Å². The van der Waals surface area contributed by atoms with E-state index < -0.39 is 11.6 Å². The normalized spacial score (nSPS) is 11.0. The third-order valence-electron chi connectivity index (χ3n) is 3.35. The van der Waals surface area contributed by atoms with E-state index in [9.17, 15) is 8.78 Å². The molecule has 0 atom stereocenters. The molecule has 112 valence electrons. The van der Waals surface area contributed by atoms with E-state index in [1.54, 1.807) is 12.1 Å². The number of halogens is 2. The molecule has 0 aliphatic heterocycles. The topological polar surface area (TPSA) is 29.3 Å². The predicted molar refractivity (Wildman–Crippen MR) is 81.6 cm³/mol. The summed E-state index contributed by atoms with van der Waals surface area (Å²) < 4.78 is 27.1. The van der Waals surface area contributed by atoms with Crippen molar-refractivity contribution >= 4 is 5.69 Å². The standard InChI is InChI=1S/C17H20F2N2/c1-2-10-21(11-13-6-8-15(20)9-7-13)12-14-4-3-5-16(18)17(14)19/h3-9H,2,10-12,20H2,1H3. The first-order chi connectivity index (χ1) is 10.1. The summed E-state index contributed by atoms with van der Waals surface area (Å²) in [6.45, 7) is 3.96. The molecule has 2 nitrogen and oxygen atoms in total. The summed E-state index contributed by atoms with van der Waals surface area (Å²) in [4.78, 5) is 2.10. The maximum Gasteiger partial charge on any atom is 0.163 e. The largest absolute Gasteiger partial charge is 0.399 e. The van der Waals surface area contributed by atoms with Crippen LogP contribution in [0, 0.1) is 11.6 Å². The number of nitrogens with two attached hydrogens (primary N) is 1. The van der Waals surface area contributed by atoms with Gasteiger partial charge in [0.05, 0.1) is 0 Å². The van der Waals surface area contributed by atoms with Gasteiger partial charge in [-0.15, -0.1) is 0 Å². The second-order valence-corrected chi connectivity index (χ2v) is 5.17. The summed E-state index contributed by atoms with van der Waals surface area (Å²) >= 11 is 0. The van der Waals surface area contributed by atoms with Crippen molar-refractivity contribution in [3.63, 3.8) is 0 Å². The van der Waals surface area contributed by atoms with Crippen LogP contribution >= 0.6 is 0 Å². The number of nitrogen functional groups attached to an aromatic ring is 1. The highest BCUT2D eigenvalue weighted by Crippen LogP contribution is 2.16. The van der Waals surface area contributed by atoms with Gasteiger partial charge in [-0.2, -0.15) is 0 Å². The van der Waals surface area contributed by atoms with E-state index in [1.165, 1.54) is 0 Å². The molecule has 0 bridgehead atoms. The van der Waals surface area contributed by atoms with E-state index in [-0.39, 0.29) is 0 Å². The fourth-order valence-corrected chi connectivity index (χ4v) is 2.32. The lowest BCUT2D eigenvalue weighted by atomic mass is 10.1. The quantitative estimate of drug-likeness (QED) is 0.816. The minimum atomic E-state index is -0.795. The number of hydrogen-bond acceptors (Lipinski definition) is 2. The average Bonchev–Trinajstić information content (AvgIpc) is 2.46. The molecule has 2 aromatic rings. The molecule has 0 fully saturated rings. The van der Waals surface area contributed by atoms with Crippen molar-refractivity contribution in [2.45, 2.75) is 26.4 Å². The Labute approximate surface area is 124 Å². The molecular weight excluding hydrogens is 270 g/mol. The van der Waals surface area contributed by atoms with Crippen LogP contribution in [0.3, 0.4) is 0 Å². The molecule has 0 aliphatic carbocycles. The van der Waals surface area contributed by atoms with Crippen LogP contribution in [0.1, 0.15) is 24.5 Å². The Morgan fingerprint density at radius 2 is 1.71 bits per heavy atom. The zero-order chi connectivity index (χ0) is 15.2. The predicted octanol–water partition coefficient (Wildman–Crippen LogP) is 3.96. The summed E-state index contributed by atoms with van der Waals surface area (Å²) in [7, 11) is 0. The van der Waals surface area contributed by atoms with E-state index in [1.807, 2.05) is 24.3 Å². The minimum absolute atomic E-state index is 0.388. The number of rotatable bonds is 6. The van der Waals surface area contributed by atoms with Crippen LogP contribution in [-0.2, 0) is 13.1 Å². The molecule has 0 spiro atoms. The monoisotopic (exact) mass is 290 g/mol. The van der Waals surface area contributed by atoms with Crippen molar-refractivity contribution in [3.05, 3.63) is 65.2 Å². The van der Waals surface area contributed by atoms with Crippen LogP contribution < -0.4 is 5.73 Å². The molecular formula is C17H20F2N2. The molecule has 0 unspecified atom stereocenters. The smallest absolute Gasteiger partial charge is 0.163 e. The van der Waals surface area contributed by atoms with Crippen molar-refractivity contribution in [2.75, 3.05) is 12.3 Å². The summed E-state index contributed by atoms with van der Waals surface area (Å²) in [6.07, 6.45) is 0.950. The van der Waals surface area contributed by atoms with Gasteiger partial charge in [-0.05, 0) is 36.7 Å². The first kappa shape index (κ1) is 15.4. The number of benzene rings is 2. The van der Waals surface area contributed by atoms with E-state index in [4.69, 9.17) is 5.73 Å². The first-order valence-corrected chi connectivity index (χ1v) is 7.09. The highest BCUT2D eigenvalue weighted by Gasteiger charge is 2.12. The molecule has 0 radical (unpaired) electrons. The molecule has 2 aromatic carbocycles. The zero-order valence-electron chi connectivity index (χ0n) is 12.2. The Morgan fingerprint density at radius 3 is 2.38 bits per heavy atom. The third-order valence-corrected chi connectivity index (χ3v) is 3.35. The van der Waals surface area contributed by atoms with E-state index >= 15 is 0 Å². The molecule has 0 aromatic heterocycles. The van der Waals surface area contributed by atoms with Gasteiger partial charge in [-0.25, -0.2) is 8.78 Å². The lowest BCUT2D eigenvalue weighted by Gasteiger charge is -2.22. The highest BCUT2D eigenvalue weighted by atomic mass is 19.2. The summed E-state index contributed by atoms with van der Waals surface area (Å²) in [5, 5.41) is 0. The minimum Gasteiger partial charge on any atom is -0.399 e. The lowest BCUT2D eigenvalue weighted by Crippen LogP contribution is -2.24. The van der Waals surface area contributed by atoms with Gasteiger partial charge in [0.15, 0.2) is 11.6 Å². The molecule has 0 saturated heterocycles. The fourth-order valence-electron chi connectivity index (χ4n) is 2.32. The van der Waals surface area contributed by atoms with Crippen LogP contribution in [0.5, 0.6) is 0 Å². The maximum atomic E-state index is 13.8. The second kappa shape index (κ2) is 7.18. The lowest BCUT2D eigenvalue weighted by molar-refractivity contribution is 0.252. The van der Waals surface area contributed by atoms with E-state index in [0.29, 0.717) is 18.7 Å². The maximum absolute atomic E-state index is 13.8. The van der Waals surface area contributed by atoms with Crippen LogP contribution in [-0.4, -0.2) is 11.4 Å². The Hall–Kier alpha value is -1.94. The van der Waals surface area contributed by atoms with Crippen LogP contribution in [0.15, 0.2) is 42.5 Å². The zero-order valence-corrected chi connectivity index (χ0v) is 12.2. The molecule has 0 aliphatic rings. The van der Waals surface area contributed by atoms with Gasteiger partial charge in [0.2, 0.25) is 0 Å². The average molecular weight is 290 g/mol. The van der Waals surface area contributed by atoms with Gasteiger partial charge in [-0.1, -0.05) is 31.2 Å². The van der Waals surface area contributed by atoms with Crippen molar-refractivity contribution < 1.29 is 8.78 Å². The first-order valence-electron chi connectivity index (χ1n) is 7.09. The number of nitrogens with zero attached hydrogens (tertiary/aromatic N) is 1. The van der Waals surface area contributed by atoms with Crippen molar-refractivity contribution in [1.29, 1.82) is 0 Å². The van der Waals surface area contributed by atoms with Gasteiger partial charge in [0, 0.05) is 24.3 Å². The SMILES string of the molecule is CCCN(Cc1ccc(N)cc1)Cc1cccc(F)c1F. The molecule has 2 N–H and O–H groups in total. The Balaban J connectivity index is 2.11. The highest BCUT2D eigenvalue weighted by molar-refractivity contribution is 5.39. The van der Waals surface area contributed by atoms with Crippen LogP contribution in [0.2, 0.25) is 0 Å². The molecule has 0 heterocycles. The summed E-state index contributed by atoms with van der Waals surface area (Å²) in [5.41, 5.74) is 7.88. The van der Waals surface area contributed by atoms with Crippen LogP contribution in [0.25, 0.3) is 0 Å². The molecule has 21 heavy (non-hydrogen) atoms.